The Morgan fingerprint density at radius 1 is 0.704 bits per heavy atom. The number of halogens is 1. The largest absolute Gasteiger partial charge is 0.322 e. The third kappa shape index (κ3) is 4.20. The van der Waals surface area contributed by atoms with Gasteiger partial charge in [0.25, 0.3) is 11.8 Å². The number of hydrogen-bond acceptors (Lipinski definition) is 2. The third-order valence-corrected chi connectivity index (χ3v) is 4.38. The molecular weight excluding hydrogens is 343 g/mol. The molecular formula is C22H19FN2O2. The van der Waals surface area contributed by atoms with Crippen molar-refractivity contribution >= 4 is 23.2 Å². The molecule has 0 unspecified atom stereocenters. The first kappa shape index (κ1) is 18.3. The van der Waals surface area contributed by atoms with Crippen molar-refractivity contribution < 1.29 is 14.0 Å². The Morgan fingerprint density at radius 3 is 1.81 bits per heavy atom. The van der Waals surface area contributed by atoms with Crippen molar-refractivity contribution in [1.82, 2.24) is 0 Å². The molecule has 0 heterocycles. The lowest BCUT2D eigenvalue weighted by molar-refractivity contribution is 0.101. The Hall–Kier alpha value is -3.47. The molecule has 3 aromatic rings. The van der Waals surface area contributed by atoms with Gasteiger partial charge in [-0.05, 0) is 67.4 Å². The number of hydrogen-bond donors (Lipinski definition) is 2. The van der Waals surface area contributed by atoms with Crippen molar-refractivity contribution in [2.24, 2.45) is 0 Å². The van der Waals surface area contributed by atoms with Crippen LogP contribution in [0.25, 0.3) is 0 Å². The molecule has 0 spiro atoms. The van der Waals surface area contributed by atoms with Crippen LogP contribution < -0.4 is 10.6 Å². The molecule has 136 valence electrons. The fourth-order valence-corrected chi connectivity index (χ4v) is 2.61. The highest BCUT2D eigenvalue weighted by molar-refractivity contribution is 6.07. The Balaban J connectivity index is 1.71. The Labute approximate surface area is 157 Å². The zero-order chi connectivity index (χ0) is 19.4. The van der Waals surface area contributed by atoms with Crippen LogP contribution in [0.1, 0.15) is 31.8 Å². The van der Waals surface area contributed by atoms with E-state index in [1.54, 1.807) is 24.3 Å². The van der Waals surface area contributed by atoms with Crippen LogP contribution in [0.5, 0.6) is 0 Å². The third-order valence-electron chi connectivity index (χ3n) is 4.38. The minimum atomic E-state index is -0.504. The van der Waals surface area contributed by atoms with E-state index >= 15 is 0 Å². The number of carbonyl (C=O) groups excluding carboxylic acids is 2. The molecule has 0 saturated heterocycles. The van der Waals surface area contributed by atoms with E-state index in [0.29, 0.717) is 11.1 Å². The molecule has 0 fully saturated rings. The summed E-state index contributed by atoms with van der Waals surface area (Å²) in [4.78, 5) is 24.7. The van der Waals surface area contributed by atoms with Gasteiger partial charge in [0, 0.05) is 16.8 Å². The molecule has 0 aromatic heterocycles. The highest BCUT2D eigenvalue weighted by Gasteiger charge is 2.12. The predicted molar refractivity (Wildman–Crippen MR) is 105 cm³/mol. The number of nitrogens with one attached hydrogen (secondary N) is 2. The second-order valence-corrected chi connectivity index (χ2v) is 6.21. The number of anilines is 2. The van der Waals surface area contributed by atoms with Gasteiger partial charge < -0.3 is 10.6 Å². The van der Waals surface area contributed by atoms with Gasteiger partial charge in [0.2, 0.25) is 0 Å². The van der Waals surface area contributed by atoms with Gasteiger partial charge in [0.15, 0.2) is 0 Å². The van der Waals surface area contributed by atoms with Crippen molar-refractivity contribution in [3.8, 4) is 0 Å². The maximum Gasteiger partial charge on any atom is 0.255 e. The molecule has 4 nitrogen and oxygen atoms in total. The van der Waals surface area contributed by atoms with E-state index < -0.39 is 11.7 Å². The lowest BCUT2D eigenvalue weighted by atomic mass is 10.1. The number of benzene rings is 3. The van der Waals surface area contributed by atoms with Crippen LogP contribution in [0.2, 0.25) is 0 Å². The highest BCUT2D eigenvalue weighted by Crippen LogP contribution is 2.19. The standard InChI is InChI=1S/C22H19FN2O2/c1-14-6-5-9-19(15(14)2)24-21(26)16-10-12-17(13-11-16)22(27)25-20-8-4-3-7-18(20)23/h3-13H,1-2H3,(H,24,26)(H,25,27). The normalized spacial score (nSPS) is 10.3. The SMILES string of the molecule is Cc1cccc(NC(=O)c2ccc(C(=O)Nc3ccccc3F)cc2)c1C. The van der Waals surface area contributed by atoms with Crippen LogP contribution in [0.3, 0.4) is 0 Å². The molecule has 0 radical (unpaired) electrons. The first-order valence-corrected chi connectivity index (χ1v) is 8.49. The van der Waals surface area contributed by atoms with E-state index in [2.05, 4.69) is 10.6 Å². The predicted octanol–water partition coefficient (Wildman–Crippen LogP) is 4.95. The van der Waals surface area contributed by atoms with Crippen molar-refractivity contribution in [3.63, 3.8) is 0 Å². The van der Waals surface area contributed by atoms with Crippen LogP contribution >= 0.6 is 0 Å². The number of aryl methyl sites for hydroxylation is 1. The quantitative estimate of drug-likeness (QED) is 0.690. The molecule has 2 amide bonds. The van der Waals surface area contributed by atoms with Crippen molar-refractivity contribution in [1.29, 1.82) is 0 Å². The van der Waals surface area contributed by atoms with Gasteiger partial charge in [-0.2, -0.15) is 0 Å². The topological polar surface area (TPSA) is 58.2 Å². The smallest absolute Gasteiger partial charge is 0.255 e. The molecule has 3 aromatic carbocycles. The molecule has 5 heteroatoms. The molecule has 0 saturated carbocycles. The molecule has 3 rings (SSSR count). The summed E-state index contributed by atoms with van der Waals surface area (Å²) in [6, 6.07) is 17.9. The maximum absolute atomic E-state index is 13.6. The lowest BCUT2D eigenvalue weighted by Gasteiger charge is -2.11. The van der Waals surface area contributed by atoms with Gasteiger partial charge in [0.05, 0.1) is 5.69 Å². The van der Waals surface area contributed by atoms with E-state index in [-0.39, 0.29) is 11.6 Å². The van der Waals surface area contributed by atoms with Crippen LogP contribution in [0, 0.1) is 19.7 Å². The minimum absolute atomic E-state index is 0.110. The van der Waals surface area contributed by atoms with Crippen LogP contribution in [0.4, 0.5) is 15.8 Å². The van der Waals surface area contributed by atoms with Gasteiger partial charge in [-0.15, -0.1) is 0 Å². The second-order valence-electron chi connectivity index (χ2n) is 6.21. The molecule has 0 aliphatic carbocycles. The van der Waals surface area contributed by atoms with Crippen molar-refractivity contribution in [3.05, 3.63) is 94.8 Å². The lowest BCUT2D eigenvalue weighted by Crippen LogP contribution is -2.15. The van der Waals surface area contributed by atoms with E-state index in [9.17, 15) is 14.0 Å². The fraction of sp³-hybridized carbons (Fsp3) is 0.0909. The average molecular weight is 362 g/mol. The summed E-state index contributed by atoms with van der Waals surface area (Å²) in [5, 5.41) is 5.39. The molecule has 2 N–H and O–H groups in total. The second kappa shape index (κ2) is 7.83. The van der Waals surface area contributed by atoms with Gasteiger partial charge in [-0.1, -0.05) is 24.3 Å². The summed E-state index contributed by atoms with van der Waals surface area (Å²) in [6.07, 6.45) is 0. The molecule has 0 atom stereocenters. The van der Waals surface area contributed by atoms with Crippen molar-refractivity contribution in [2.75, 3.05) is 10.6 Å². The Bertz CT molecular complexity index is 997. The summed E-state index contributed by atoms with van der Waals surface area (Å²) < 4.78 is 13.6. The van der Waals surface area contributed by atoms with Crippen LogP contribution in [0.15, 0.2) is 66.7 Å². The molecule has 0 aliphatic rings. The summed E-state index contributed by atoms with van der Waals surface area (Å²) in [7, 11) is 0. The summed E-state index contributed by atoms with van der Waals surface area (Å²) in [6.45, 7) is 3.93. The molecule has 27 heavy (non-hydrogen) atoms. The van der Waals surface area contributed by atoms with Gasteiger partial charge >= 0.3 is 0 Å². The Kier molecular flexibility index (Phi) is 5.31. The average Bonchev–Trinajstić information content (AvgIpc) is 2.67. The summed E-state index contributed by atoms with van der Waals surface area (Å²) >= 11 is 0. The van der Waals surface area contributed by atoms with E-state index in [4.69, 9.17) is 0 Å². The zero-order valence-corrected chi connectivity index (χ0v) is 15.0. The summed E-state index contributed by atoms with van der Waals surface area (Å²) in [5.41, 5.74) is 3.72. The number of para-hydroxylation sites is 1. The van der Waals surface area contributed by atoms with E-state index in [0.717, 1.165) is 16.8 Å². The first-order chi connectivity index (χ1) is 13.0. The van der Waals surface area contributed by atoms with E-state index in [1.165, 1.54) is 24.3 Å². The zero-order valence-electron chi connectivity index (χ0n) is 15.0. The Morgan fingerprint density at radius 2 is 1.22 bits per heavy atom. The summed E-state index contributed by atoms with van der Waals surface area (Å²) in [5.74, 6) is -1.21. The number of rotatable bonds is 4. The molecule has 0 bridgehead atoms. The highest BCUT2D eigenvalue weighted by atomic mass is 19.1. The van der Waals surface area contributed by atoms with Gasteiger partial charge in [-0.3, -0.25) is 9.59 Å². The monoisotopic (exact) mass is 362 g/mol. The van der Waals surface area contributed by atoms with Crippen molar-refractivity contribution in [2.45, 2.75) is 13.8 Å². The van der Waals surface area contributed by atoms with E-state index in [1.807, 2.05) is 32.0 Å². The molecule has 0 aliphatic heterocycles. The first-order valence-electron chi connectivity index (χ1n) is 8.49. The minimum Gasteiger partial charge on any atom is -0.322 e. The van der Waals surface area contributed by atoms with Crippen LogP contribution in [-0.4, -0.2) is 11.8 Å². The van der Waals surface area contributed by atoms with Gasteiger partial charge in [0.1, 0.15) is 5.82 Å². The van der Waals surface area contributed by atoms with Crippen LogP contribution in [-0.2, 0) is 0 Å². The van der Waals surface area contributed by atoms with Gasteiger partial charge in [-0.25, -0.2) is 4.39 Å². The number of carbonyl (C=O) groups is 2. The number of amides is 2. The fourth-order valence-electron chi connectivity index (χ4n) is 2.61. The maximum atomic E-state index is 13.6.